The molecule has 0 aromatic heterocycles. The molecule has 1 heterocycles. The van der Waals surface area contributed by atoms with Gasteiger partial charge in [-0.25, -0.2) is 4.39 Å². The van der Waals surface area contributed by atoms with Crippen LogP contribution in [0.1, 0.15) is 5.56 Å². The van der Waals surface area contributed by atoms with Crippen LogP contribution in [0, 0.1) is 5.82 Å². The third-order valence-electron chi connectivity index (χ3n) is 2.44. The lowest BCUT2D eigenvalue weighted by Crippen LogP contribution is -2.36. The first kappa shape index (κ1) is 12.1. The van der Waals surface area contributed by atoms with Crippen molar-refractivity contribution in [3.8, 4) is 0 Å². The van der Waals surface area contributed by atoms with Crippen LogP contribution in [-0.2, 0) is 15.3 Å². The molecule has 6 heteroatoms. The molecule has 1 saturated heterocycles. The maximum absolute atomic E-state index is 13.4. The van der Waals surface area contributed by atoms with E-state index in [0.717, 1.165) is 0 Å². The highest BCUT2D eigenvalue weighted by molar-refractivity contribution is 6.35. The highest BCUT2D eigenvalue weighted by Crippen LogP contribution is 2.37. The molecule has 3 nitrogen and oxygen atoms in total. The fourth-order valence-corrected chi connectivity index (χ4v) is 2.18. The van der Waals surface area contributed by atoms with Gasteiger partial charge in [-0.1, -0.05) is 23.2 Å². The van der Waals surface area contributed by atoms with Crippen LogP contribution >= 0.6 is 23.2 Å². The van der Waals surface area contributed by atoms with Gasteiger partial charge < -0.3 is 15.2 Å². The summed E-state index contributed by atoms with van der Waals surface area (Å²) in [6, 6.07) is 2.51. The van der Waals surface area contributed by atoms with Gasteiger partial charge >= 0.3 is 0 Å². The predicted octanol–water partition coefficient (Wildman–Crippen LogP) is 2.29. The fourth-order valence-electron chi connectivity index (χ4n) is 1.65. The Morgan fingerprint density at radius 3 is 2.44 bits per heavy atom. The van der Waals surface area contributed by atoms with E-state index in [1.807, 2.05) is 0 Å². The van der Waals surface area contributed by atoms with Gasteiger partial charge in [-0.3, -0.25) is 0 Å². The molecule has 0 saturated carbocycles. The third-order valence-corrected chi connectivity index (χ3v) is 3.05. The average molecular weight is 266 g/mol. The van der Waals surface area contributed by atoms with E-state index in [2.05, 4.69) is 0 Å². The van der Waals surface area contributed by atoms with Crippen molar-refractivity contribution < 1.29 is 13.9 Å². The minimum absolute atomic E-state index is 0.0427. The molecule has 16 heavy (non-hydrogen) atoms. The van der Waals surface area contributed by atoms with E-state index >= 15 is 0 Å². The molecule has 1 aromatic rings. The molecule has 0 atom stereocenters. The van der Waals surface area contributed by atoms with Gasteiger partial charge in [0.05, 0.1) is 29.8 Å². The summed E-state index contributed by atoms with van der Waals surface area (Å²) in [4.78, 5) is 0. The molecule has 0 amide bonds. The fraction of sp³-hybridized carbons (Fsp3) is 0.400. The van der Waals surface area contributed by atoms with Crippen LogP contribution < -0.4 is 5.73 Å². The van der Waals surface area contributed by atoms with Crippen molar-refractivity contribution in [3.63, 3.8) is 0 Å². The summed E-state index contributed by atoms with van der Waals surface area (Å²) in [7, 11) is 0. The first-order valence-electron chi connectivity index (χ1n) is 4.72. The van der Waals surface area contributed by atoms with Crippen LogP contribution in [0.25, 0.3) is 0 Å². The smallest absolute Gasteiger partial charge is 0.209 e. The van der Waals surface area contributed by atoms with Gasteiger partial charge in [0.1, 0.15) is 5.82 Å². The zero-order valence-electron chi connectivity index (χ0n) is 8.30. The third kappa shape index (κ3) is 1.92. The van der Waals surface area contributed by atoms with Gasteiger partial charge in [-0.15, -0.1) is 0 Å². The Morgan fingerprint density at radius 2 is 1.88 bits per heavy atom. The van der Waals surface area contributed by atoms with E-state index in [-0.39, 0.29) is 16.6 Å². The SMILES string of the molecule is NCC1(c2cc(F)c(Cl)cc2Cl)OCCO1. The number of ether oxygens (including phenoxy) is 2. The molecule has 88 valence electrons. The highest BCUT2D eigenvalue weighted by Gasteiger charge is 2.39. The van der Waals surface area contributed by atoms with Crippen molar-refractivity contribution in [1.29, 1.82) is 0 Å². The summed E-state index contributed by atoms with van der Waals surface area (Å²) in [5.74, 6) is -1.73. The van der Waals surface area contributed by atoms with Crippen molar-refractivity contribution in [2.45, 2.75) is 5.79 Å². The molecule has 2 rings (SSSR count). The van der Waals surface area contributed by atoms with Crippen LogP contribution in [-0.4, -0.2) is 19.8 Å². The molecule has 1 fully saturated rings. The maximum atomic E-state index is 13.4. The Labute approximate surface area is 102 Å². The Kier molecular flexibility index (Phi) is 3.37. The molecule has 2 N–H and O–H groups in total. The first-order chi connectivity index (χ1) is 7.59. The predicted molar refractivity (Wildman–Crippen MR) is 59.1 cm³/mol. The van der Waals surface area contributed by atoms with Crippen molar-refractivity contribution in [3.05, 3.63) is 33.6 Å². The zero-order chi connectivity index (χ0) is 11.8. The van der Waals surface area contributed by atoms with E-state index in [4.69, 9.17) is 38.4 Å². The molecule has 0 spiro atoms. The van der Waals surface area contributed by atoms with E-state index in [1.165, 1.54) is 12.1 Å². The Hall–Kier alpha value is -0.390. The molecule has 0 radical (unpaired) electrons. The lowest BCUT2D eigenvalue weighted by atomic mass is 10.1. The van der Waals surface area contributed by atoms with Crippen LogP contribution in [0.3, 0.4) is 0 Å². The first-order valence-corrected chi connectivity index (χ1v) is 5.47. The Balaban J connectivity index is 2.50. The van der Waals surface area contributed by atoms with Crippen LogP contribution in [0.2, 0.25) is 10.0 Å². The van der Waals surface area contributed by atoms with E-state index in [1.54, 1.807) is 0 Å². The minimum Gasteiger partial charge on any atom is -0.342 e. The number of hydrogen-bond donors (Lipinski definition) is 1. The molecule has 0 unspecified atom stereocenters. The second kappa shape index (κ2) is 4.47. The quantitative estimate of drug-likeness (QED) is 0.835. The second-order valence-corrected chi connectivity index (χ2v) is 4.21. The van der Waals surface area contributed by atoms with Gasteiger partial charge in [0.25, 0.3) is 0 Å². The molecule has 1 aliphatic heterocycles. The lowest BCUT2D eigenvalue weighted by molar-refractivity contribution is -0.157. The number of halogens is 3. The molecule has 0 bridgehead atoms. The van der Waals surface area contributed by atoms with Gasteiger partial charge in [-0.2, -0.15) is 0 Å². The van der Waals surface area contributed by atoms with Gasteiger partial charge in [0.2, 0.25) is 5.79 Å². The molecular weight excluding hydrogens is 256 g/mol. The standard InChI is InChI=1S/C10H10Cl2FNO2/c11-7-4-8(12)9(13)3-6(7)10(5-14)15-1-2-16-10/h3-4H,1-2,5,14H2. The number of rotatable bonds is 2. The molecule has 1 aliphatic rings. The topological polar surface area (TPSA) is 44.5 Å². The average Bonchev–Trinajstić information content (AvgIpc) is 2.73. The van der Waals surface area contributed by atoms with E-state index in [0.29, 0.717) is 18.8 Å². The minimum atomic E-state index is -1.15. The zero-order valence-corrected chi connectivity index (χ0v) is 9.82. The normalized spacial score (nSPS) is 19.0. The molecular formula is C10H10Cl2FNO2. The number of nitrogens with two attached hydrogens (primary N) is 1. The highest BCUT2D eigenvalue weighted by atomic mass is 35.5. The Bertz CT molecular complexity index is 408. The van der Waals surface area contributed by atoms with Crippen molar-refractivity contribution in [2.24, 2.45) is 5.73 Å². The largest absolute Gasteiger partial charge is 0.342 e. The number of hydrogen-bond acceptors (Lipinski definition) is 3. The van der Waals surface area contributed by atoms with Crippen LogP contribution in [0.5, 0.6) is 0 Å². The van der Waals surface area contributed by atoms with Gasteiger partial charge in [-0.05, 0) is 12.1 Å². The van der Waals surface area contributed by atoms with Crippen molar-refractivity contribution in [2.75, 3.05) is 19.8 Å². The second-order valence-electron chi connectivity index (χ2n) is 3.40. The van der Waals surface area contributed by atoms with Crippen LogP contribution in [0.4, 0.5) is 4.39 Å². The van der Waals surface area contributed by atoms with Gasteiger partial charge in [0, 0.05) is 5.56 Å². The molecule has 0 aliphatic carbocycles. The van der Waals surface area contributed by atoms with Gasteiger partial charge in [0.15, 0.2) is 0 Å². The lowest BCUT2D eigenvalue weighted by Gasteiger charge is -2.27. The molecule has 1 aromatic carbocycles. The number of benzene rings is 1. The summed E-state index contributed by atoms with van der Waals surface area (Å²) in [6.07, 6.45) is 0. The van der Waals surface area contributed by atoms with Crippen LogP contribution in [0.15, 0.2) is 12.1 Å². The van der Waals surface area contributed by atoms with E-state index < -0.39 is 11.6 Å². The maximum Gasteiger partial charge on any atom is 0.209 e. The van der Waals surface area contributed by atoms with Crippen molar-refractivity contribution in [1.82, 2.24) is 0 Å². The summed E-state index contributed by atoms with van der Waals surface area (Å²) in [5.41, 5.74) is 5.97. The van der Waals surface area contributed by atoms with E-state index in [9.17, 15) is 4.39 Å². The monoisotopic (exact) mass is 265 g/mol. The summed E-state index contributed by atoms with van der Waals surface area (Å²) in [6.45, 7) is 0.864. The summed E-state index contributed by atoms with van der Waals surface area (Å²) >= 11 is 11.6. The summed E-state index contributed by atoms with van der Waals surface area (Å²) in [5, 5.41) is 0.234. The summed E-state index contributed by atoms with van der Waals surface area (Å²) < 4.78 is 24.2. The van der Waals surface area contributed by atoms with Crippen molar-refractivity contribution >= 4 is 23.2 Å². The Morgan fingerprint density at radius 1 is 1.25 bits per heavy atom.